The van der Waals surface area contributed by atoms with Gasteiger partial charge in [-0.1, -0.05) is 26.3 Å². The van der Waals surface area contributed by atoms with Crippen LogP contribution in [0.5, 0.6) is 0 Å². The Labute approximate surface area is 159 Å². The summed E-state index contributed by atoms with van der Waals surface area (Å²) in [5, 5.41) is 12.9. The minimum absolute atomic E-state index is 0.0212. The number of fused-ring (bicyclic) bond motifs is 1. The first-order valence-corrected chi connectivity index (χ1v) is 9.80. The Bertz CT molecular complexity index is 685. The van der Waals surface area contributed by atoms with E-state index < -0.39 is 17.9 Å². The number of hydrogen-bond donors (Lipinski definition) is 2. The SMILES string of the molecule is CC1=CC(=O)C2C(C)(C)[C@@H](Cl)CC[C@]2(C)[C@H]1C[C@H](O)C1CC(=O)NC1=O. The van der Waals surface area contributed by atoms with Crippen molar-refractivity contribution < 1.29 is 19.5 Å². The van der Waals surface area contributed by atoms with Crippen molar-refractivity contribution in [1.82, 2.24) is 5.32 Å². The maximum atomic E-state index is 12.9. The van der Waals surface area contributed by atoms with Crippen molar-refractivity contribution in [2.24, 2.45) is 28.6 Å². The molecule has 0 aromatic carbocycles. The van der Waals surface area contributed by atoms with E-state index in [2.05, 4.69) is 26.1 Å². The van der Waals surface area contributed by atoms with Crippen LogP contribution in [0.3, 0.4) is 0 Å². The number of amides is 2. The molecule has 1 heterocycles. The Morgan fingerprint density at radius 1 is 1.31 bits per heavy atom. The molecule has 2 fully saturated rings. The number of nitrogens with one attached hydrogen (secondary N) is 1. The lowest BCUT2D eigenvalue weighted by Crippen LogP contribution is -2.56. The van der Waals surface area contributed by atoms with Crippen LogP contribution in [0.4, 0.5) is 0 Å². The zero-order chi connectivity index (χ0) is 19.4. The van der Waals surface area contributed by atoms with Crippen LogP contribution in [0.1, 0.15) is 53.4 Å². The molecule has 0 aromatic rings. The highest BCUT2D eigenvalue weighted by atomic mass is 35.5. The molecule has 5 nitrogen and oxygen atoms in total. The fourth-order valence-electron chi connectivity index (χ4n) is 5.73. The van der Waals surface area contributed by atoms with E-state index in [1.54, 1.807) is 6.08 Å². The Kier molecular flexibility index (Phi) is 4.85. The molecule has 1 saturated heterocycles. The Hall–Kier alpha value is -1.20. The van der Waals surface area contributed by atoms with Gasteiger partial charge in [-0.05, 0) is 49.0 Å². The highest BCUT2D eigenvalue weighted by Gasteiger charge is 2.58. The molecule has 2 unspecified atom stereocenters. The van der Waals surface area contributed by atoms with Gasteiger partial charge in [-0.3, -0.25) is 19.7 Å². The number of carbonyl (C=O) groups excluding carboxylic acids is 3. The van der Waals surface area contributed by atoms with Gasteiger partial charge in [0.15, 0.2) is 5.78 Å². The second-order valence-electron chi connectivity index (χ2n) is 9.14. The maximum absolute atomic E-state index is 12.9. The summed E-state index contributed by atoms with van der Waals surface area (Å²) in [6.45, 7) is 8.15. The number of ketones is 1. The van der Waals surface area contributed by atoms with E-state index in [1.165, 1.54) is 0 Å². The summed E-state index contributed by atoms with van der Waals surface area (Å²) in [6.07, 6.45) is 2.81. The molecule has 0 aromatic heterocycles. The molecule has 144 valence electrons. The first-order valence-electron chi connectivity index (χ1n) is 9.36. The standard InChI is InChI=1S/C20H28ClNO4/c1-10-7-14(24)17-19(2,3)15(21)5-6-20(17,4)12(10)9-13(23)11-8-16(25)22-18(11)26/h7,11-13,15,17,23H,5-6,8-9H2,1-4H3,(H,22,25,26)/t11?,12-,13-,15-,17?,20+/m0/s1. The predicted molar refractivity (Wildman–Crippen MR) is 98.4 cm³/mol. The summed E-state index contributed by atoms with van der Waals surface area (Å²) in [7, 11) is 0. The van der Waals surface area contributed by atoms with Gasteiger partial charge in [0.2, 0.25) is 11.8 Å². The van der Waals surface area contributed by atoms with E-state index in [9.17, 15) is 19.5 Å². The Morgan fingerprint density at radius 3 is 2.54 bits per heavy atom. The first-order chi connectivity index (χ1) is 12.0. The van der Waals surface area contributed by atoms with Crippen LogP contribution in [0.2, 0.25) is 0 Å². The van der Waals surface area contributed by atoms with Crippen molar-refractivity contribution in [2.45, 2.75) is 64.9 Å². The molecule has 0 spiro atoms. The third-order valence-corrected chi connectivity index (χ3v) is 7.87. The molecule has 1 saturated carbocycles. The van der Waals surface area contributed by atoms with Crippen molar-refractivity contribution in [2.75, 3.05) is 0 Å². The van der Waals surface area contributed by atoms with Crippen LogP contribution in [-0.4, -0.2) is 34.2 Å². The Morgan fingerprint density at radius 2 is 1.96 bits per heavy atom. The van der Waals surface area contributed by atoms with Crippen molar-refractivity contribution >= 4 is 29.2 Å². The number of allylic oxidation sites excluding steroid dienone is 2. The third kappa shape index (κ3) is 2.93. The summed E-state index contributed by atoms with van der Waals surface area (Å²) in [5.41, 5.74) is 0.291. The van der Waals surface area contributed by atoms with Crippen molar-refractivity contribution in [3.63, 3.8) is 0 Å². The number of carbonyl (C=O) groups is 3. The fourth-order valence-corrected chi connectivity index (χ4v) is 5.96. The largest absolute Gasteiger partial charge is 0.392 e. The third-order valence-electron chi connectivity index (χ3n) is 7.09. The summed E-state index contributed by atoms with van der Waals surface area (Å²) in [5.74, 6) is -1.56. The van der Waals surface area contributed by atoms with Crippen LogP contribution in [0, 0.1) is 28.6 Å². The van der Waals surface area contributed by atoms with Crippen LogP contribution >= 0.6 is 11.6 Å². The Balaban J connectivity index is 1.91. The normalized spacial score (nSPS) is 40.7. The van der Waals surface area contributed by atoms with Crippen molar-refractivity contribution in [1.29, 1.82) is 0 Å². The minimum Gasteiger partial charge on any atom is -0.392 e. The molecule has 1 aliphatic heterocycles. The van der Waals surface area contributed by atoms with Crippen LogP contribution in [0.15, 0.2) is 11.6 Å². The van der Waals surface area contributed by atoms with Gasteiger partial charge >= 0.3 is 0 Å². The number of hydrogen-bond acceptors (Lipinski definition) is 4. The van der Waals surface area contributed by atoms with Gasteiger partial charge < -0.3 is 5.11 Å². The average Bonchev–Trinajstić information content (AvgIpc) is 2.86. The van der Waals surface area contributed by atoms with Gasteiger partial charge in [-0.2, -0.15) is 0 Å². The summed E-state index contributed by atoms with van der Waals surface area (Å²) in [4.78, 5) is 36.3. The first kappa shape index (κ1) is 19.6. The summed E-state index contributed by atoms with van der Waals surface area (Å²) >= 11 is 6.57. The molecule has 6 heteroatoms. The van der Waals surface area contributed by atoms with Crippen LogP contribution in [-0.2, 0) is 14.4 Å². The van der Waals surface area contributed by atoms with Gasteiger partial charge in [-0.25, -0.2) is 0 Å². The highest BCUT2D eigenvalue weighted by molar-refractivity contribution is 6.21. The highest BCUT2D eigenvalue weighted by Crippen LogP contribution is 2.60. The van der Waals surface area contributed by atoms with Gasteiger partial charge in [0.1, 0.15) is 0 Å². The molecule has 3 aliphatic rings. The molecule has 3 rings (SSSR count). The molecular weight excluding hydrogens is 354 g/mol. The second-order valence-corrected chi connectivity index (χ2v) is 9.66. The van der Waals surface area contributed by atoms with E-state index in [0.717, 1.165) is 18.4 Å². The van der Waals surface area contributed by atoms with Gasteiger partial charge in [-0.15, -0.1) is 11.6 Å². The van der Waals surface area contributed by atoms with E-state index in [-0.39, 0.29) is 46.2 Å². The predicted octanol–water partition coefficient (Wildman–Crippen LogP) is 2.60. The number of imide groups is 1. The zero-order valence-corrected chi connectivity index (χ0v) is 16.6. The minimum atomic E-state index is -0.905. The molecule has 2 aliphatic carbocycles. The van der Waals surface area contributed by atoms with Crippen molar-refractivity contribution in [3.8, 4) is 0 Å². The molecular formula is C20H28ClNO4. The molecule has 2 amide bonds. The fraction of sp³-hybridized carbons (Fsp3) is 0.750. The number of halogens is 1. The van der Waals surface area contributed by atoms with Gasteiger partial charge in [0.25, 0.3) is 0 Å². The number of rotatable bonds is 3. The number of aliphatic hydroxyl groups excluding tert-OH is 1. The van der Waals surface area contributed by atoms with Crippen LogP contribution in [0.25, 0.3) is 0 Å². The van der Waals surface area contributed by atoms with E-state index in [1.807, 2.05) is 6.92 Å². The van der Waals surface area contributed by atoms with E-state index in [4.69, 9.17) is 11.6 Å². The van der Waals surface area contributed by atoms with Crippen LogP contribution < -0.4 is 5.32 Å². The maximum Gasteiger partial charge on any atom is 0.232 e. The average molecular weight is 382 g/mol. The quantitative estimate of drug-likeness (QED) is 0.581. The molecule has 26 heavy (non-hydrogen) atoms. The zero-order valence-electron chi connectivity index (χ0n) is 15.8. The molecule has 2 N–H and O–H groups in total. The van der Waals surface area contributed by atoms with Crippen molar-refractivity contribution in [3.05, 3.63) is 11.6 Å². The topological polar surface area (TPSA) is 83.5 Å². The summed E-state index contributed by atoms with van der Waals surface area (Å²) in [6, 6.07) is 0. The number of aliphatic hydroxyl groups is 1. The lowest BCUT2D eigenvalue weighted by Gasteiger charge is -2.57. The molecule has 0 radical (unpaired) electrons. The smallest absolute Gasteiger partial charge is 0.232 e. The summed E-state index contributed by atoms with van der Waals surface area (Å²) < 4.78 is 0. The van der Waals surface area contributed by atoms with E-state index in [0.29, 0.717) is 6.42 Å². The second kappa shape index (κ2) is 6.45. The number of alkyl halides is 1. The molecule has 0 bridgehead atoms. The lowest BCUT2D eigenvalue weighted by molar-refractivity contribution is -0.138. The van der Waals surface area contributed by atoms with Gasteiger partial charge in [0, 0.05) is 17.7 Å². The van der Waals surface area contributed by atoms with E-state index >= 15 is 0 Å². The molecule has 6 atom stereocenters. The monoisotopic (exact) mass is 381 g/mol. The van der Waals surface area contributed by atoms with Gasteiger partial charge in [0.05, 0.1) is 12.0 Å². The lowest BCUT2D eigenvalue weighted by atomic mass is 9.47.